The molecule has 0 spiro atoms. The first kappa shape index (κ1) is 22.3. The summed E-state index contributed by atoms with van der Waals surface area (Å²) in [4.78, 5) is 14.5. The minimum Gasteiger partial charge on any atom is -0.439 e. The lowest BCUT2D eigenvalue weighted by Crippen LogP contribution is -2.40. The Morgan fingerprint density at radius 3 is 2.58 bits per heavy atom. The number of rotatable bonds is 9. The number of aromatic nitrogens is 2. The largest absolute Gasteiger partial charge is 0.439 e. The van der Waals surface area contributed by atoms with Gasteiger partial charge in [0.25, 0.3) is 0 Å². The molecule has 164 valence electrons. The molecule has 0 aliphatic carbocycles. The van der Waals surface area contributed by atoms with Crippen LogP contribution in [0.5, 0.6) is 11.6 Å². The van der Waals surface area contributed by atoms with Crippen molar-refractivity contribution in [2.75, 3.05) is 13.1 Å². The van der Waals surface area contributed by atoms with Crippen molar-refractivity contribution in [1.82, 2.24) is 20.0 Å². The van der Waals surface area contributed by atoms with E-state index in [2.05, 4.69) is 10.4 Å². The molecule has 0 saturated heterocycles. The zero-order chi connectivity index (χ0) is 22.2. The monoisotopic (exact) mass is 424 g/mol. The molecule has 0 atom stereocenters. The van der Waals surface area contributed by atoms with E-state index in [0.29, 0.717) is 31.3 Å². The van der Waals surface area contributed by atoms with Gasteiger partial charge in [-0.05, 0) is 25.0 Å². The first-order chi connectivity index (χ1) is 15.0. The number of ether oxygens (including phenoxy) is 1. The number of nitrogens with one attached hydrogen (secondary N) is 1. The molecular weight excluding hydrogens is 395 g/mol. The molecule has 0 saturated carbocycles. The van der Waals surface area contributed by atoms with E-state index in [0.717, 1.165) is 29.7 Å². The summed E-state index contributed by atoms with van der Waals surface area (Å²) < 4.78 is 21.4. The van der Waals surface area contributed by atoms with Crippen molar-refractivity contribution in [2.24, 2.45) is 7.05 Å². The maximum absolute atomic E-state index is 13.7. The van der Waals surface area contributed by atoms with Crippen molar-refractivity contribution in [3.63, 3.8) is 0 Å². The minimum absolute atomic E-state index is 0.122. The van der Waals surface area contributed by atoms with E-state index in [4.69, 9.17) is 4.74 Å². The van der Waals surface area contributed by atoms with Crippen molar-refractivity contribution in [3.8, 4) is 22.9 Å². The molecule has 0 fully saturated rings. The van der Waals surface area contributed by atoms with E-state index >= 15 is 0 Å². The topological polar surface area (TPSA) is 59.4 Å². The van der Waals surface area contributed by atoms with E-state index in [-0.39, 0.29) is 11.8 Å². The molecule has 1 heterocycles. The number of hydrogen-bond acceptors (Lipinski definition) is 3. The molecule has 3 aromatic rings. The third-order valence-corrected chi connectivity index (χ3v) is 4.80. The third-order valence-electron chi connectivity index (χ3n) is 4.80. The zero-order valence-electron chi connectivity index (χ0n) is 18.3. The SMILES string of the molecule is CCCNC(=O)N(CCC)Cc1c(-c2ccccc2)nn(C)c1Oc1cccc(F)c1. The first-order valence-corrected chi connectivity index (χ1v) is 10.6. The molecule has 3 rings (SSSR count). The molecule has 2 amide bonds. The molecule has 0 aliphatic heterocycles. The van der Waals surface area contributed by atoms with Gasteiger partial charge in [-0.1, -0.05) is 50.2 Å². The highest BCUT2D eigenvalue weighted by Gasteiger charge is 2.24. The summed E-state index contributed by atoms with van der Waals surface area (Å²) >= 11 is 0. The molecule has 0 unspecified atom stereocenters. The molecule has 0 radical (unpaired) electrons. The van der Waals surface area contributed by atoms with Gasteiger partial charge >= 0.3 is 6.03 Å². The normalized spacial score (nSPS) is 10.7. The zero-order valence-corrected chi connectivity index (χ0v) is 18.3. The van der Waals surface area contributed by atoms with Crippen LogP contribution in [0.4, 0.5) is 9.18 Å². The Labute approximate surface area is 182 Å². The fraction of sp³-hybridized carbons (Fsp3) is 0.333. The van der Waals surface area contributed by atoms with Crippen LogP contribution in [0.2, 0.25) is 0 Å². The highest BCUT2D eigenvalue weighted by atomic mass is 19.1. The standard InChI is InChI=1S/C24H29FN4O2/c1-4-14-26-24(30)29(15-5-2)17-21-22(18-10-7-6-8-11-18)27-28(3)23(21)31-20-13-9-12-19(25)16-20/h6-13,16H,4-5,14-15,17H2,1-3H3,(H,26,30). The van der Waals surface area contributed by atoms with Crippen LogP contribution < -0.4 is 10.1 Å². The number of benzene rings is 2. The van der Waals surface area contributed by atoms with Crippen molar-refractivity contribution >= 4 is 6.03 Å². The Hall–Kier alpha value is -3.35. The van der Waals surface area contributed by atoms with E-state index in [1.54, 1.807) is 28.8 Å². The van der Waals surface area contributed by atoms with Crippen molar-refractivity contribution < 1.29 is 13.9 Å². The van der Waals surface area contributed by atoms with Gasteiger partial charge < -0.3 is 15.0 Å². The van der Waals surface area contributed by atoms with Gasteiger partial charge in [-0.2, -0.15) is 5.10 Å². The average molecular weight is 425 g/mol. The van der Waals surface area contributed by atoms with Gasteiger partial charge in [-0.3, -0.25) is 0 Å². The Balaban J connectivity index is 2.02. The second-order valence-corrected chi connectivity index (χ2v) is 7.33. The summed E-state index contributed by atoms with van der Waals surface area (Å²) in [5, 5.41) is 7.62. The van der Waals surface area contributed by atoms with E-state index in [1.807, 2.05) is 44.2 Å². The minimum atomic E-state index is -0.379. The second-order valence-electron chi connectivity index (χ2n) is 7.33. The fourth-order valence-corrected chi connectivity index (χ4v) is 3.35. The predicted octanol–water partition coefficient (Wildman–Crippen LogP) is 5.35. The molecule has 1 N–H and O–H groups in total. The van der Waals surface area contributed by atoms with Crippen LogP contribution in [-0.4, -0.2) is 33.8 Å². The third kappa shape index (κ3) is 5.63. The lowest BCUT2D eigenvalue weighted by Gasteiger charge is -2.23. The Morgan fingerprint density at radius 2 is 1.90 bits per heavy atom. The summed E-state index contributed by atoms with van der Waals surface area (Å²) in [6, 6.07) is 15.6. The highest BCUT2D eigenvalue weighted by Crippen LogP contribution is 2.34. The van der Waals surface area contributed by atoms with Crippen LogP contribution >= 0.6 is 0 Å². The predicted molar refractivity (Wildman–Crippen MR) is 120 cm³/mol. The van der Waals surface area contributed by atoms with Crippen LogP contribution in [0.1, 0.15) is 32.3 Å². The number of carbonyl (C=O) groups is 1. The van der Waals surface area contributed by atoms with Crippen LogP contribution in [0.15, 0.2) is 54.6 Å². The summed E-state index contributed by atoms with van der Waals surface area (Å²) in [5.74, 6) is 0.478. The molecule has 0 aliphatic rings. The summed E-state index contributed by atoms with van der Waals surface area (Å²) in [7, 11) is 1.78. The number of carbonyl (C=O) groups excluding carboxylic acids is 1. The van der Waals surface area contributed by atoms with Crippen LogP contribution in [0, 0.1) is 5.82 Å². The van der Waals surface area contributed by atoms with E-state index < -0.39 is 0 Å². The number of nitrogens with zero attached hydrogens (tertiary/aromatic N) is 3. The van der Waals surface area contributed by atoms with Gasteiger partial charge in [-0.15, -0.1) is 0 Å². The van der Waals surface area contributed by atoms with Crippen molar-refractivity contribution in [2.45, 2.75) is 33.2 Å². The molecule has 7 heteroatoms. The van der Waals surface area contributed by atoms with Crippen LogP contribution in [0.25, 0.3) is 11.3 Å². The van der Waals surface area contributed by atoms with Crippen molar-refractivity contribution in [3.05, 3.63) is 66.0 Å². The number of urea groups is 1. The lowest BCUT2D eigenvalue weighted by molar-refractivity contribution is 0.194. The Kier molecular flexibility index (Phi) is 7.65. The molecule has 1 aromatic heterocycles. The van der Waals surface area contributed by atoms with Gasteiger partial charge in [0.15, 0.2) is 0 Å². The maximum Gasteiger partial charge on any atom is 0.317 e. The average Bonchev–Trinajstić information content (AvgIpc) is 3.07. The van der Waals surface area contributed by atoms with Gasteiger partial charge in [0.1, 0.15) is 17.3 Å². The number of amides is 2. The highest BCUT2D eigenvalue weighted by molar-refractivity contribution is 5.75. The fourth-order valence-electron chi connectivity index (χ4n) is 3.35. The smallest absolute Gasteiger partial charge is 0.317 e. The lowest BCUT2D eigenvalue weighted by atomic mass is 10.1. The van der Waals surface area contributed by atoms with E-state index in [1.165, 1.54) is 12.1 Å². The molecule has 2 aromatic carbocycles. The second kappa shape index (κ2) is 10.6. The van der Waals surface area contributed by atoms with Gasteiger partial charge in [-0.25, -0.2) is 13.9 Å². The number of halogens is 1. The van der Waals surface area contributed by atoms with Gasteiger partial charge in [0, 0.05) is 31.8 Å². The molecule has 31 heavy (non-hydrogen) atoms. The van der Waals surface area contributed by atoms with E-state index in [9.17, 15) is 9.18 Å². The van der Waals surface area contributed by atoms with Crippen LogP contribution in [-0.2, 0) is 13.6 Å². The maximum atomic E-state index is 13.7. The summed E-state index contributed by atoms with van der Waals surface area (Å²) in [5.41, 5.74) is 2.43. The van der Waals surface area contributed by atoms with Gasteiger partial charge in [0.2, 0.25) is 5.88 Å². The molecule has 6 nitrogen and oxygen atoms in total. The Bertz CT molecular complexity index is 1000. The molecule has 0 bridgehead atoms. The summed E-state index contributed by atoms with van der Waals surface area (Å²) in [6.07, 6.45) is 1.68. The quantitative estimate of drug-likeness (QED) is 0.504. The van der Waals surface area contributed by atoms with Crippen molar-refractivity contribution in [1.29, 1.82) is 0 Å². The Morgan fingerprint density at radius 1 is 1.13 bits per heavy atom. The first-order valence-electron chi connectivity index (χ1n) is 10.6. The number of aryl methyl sites for hydroxylation is 1. The number of hydrogen-bond donors (Lipinski definition) is 1. The molecular formula is C24H29FN4O2. The van der Waals surface area contributed by atoms with Crippen LogP contribution in [0.3, 0.4) is 0 Å². The summed E-state index contributed by atoms with van der Waals surface area (Å²) in [6.45, 7) is 5.59. The van der Waals surface area contributed by atoms with Gasteiger partial charge in [0.05, 0.1) is 12.1 Å².